The van der Waals surface area contributed by atoms with Crippen molar-refractivity contribution in [1.29, 1.82) is 0 Å². The second kappa shape index (κ2) is 4.98. The van der Waals surface area contributed by atoms with Crippen molar-refractivity contribution < 1.29 is 19.0 Å². The van der Waals surface area contributed by atoms with Crippen LogP contribution in [0, 0.1) is 0 Å². The van der Waals surface area contributed by atoms with Crippen LogP contribution in [0.5, 0.6) is 0 Å². The summed E-state index contributed by atoms with van der Waals surface area (Å²) in [6.07, 6.45) is 1.12. The lowest BCUT2D eigenvalue weighted by Gasteiger charge is -2.21. The van der Waals surface area contributed by atoms with Gasteiger partial charge in [0.15, 0.2) is 0 Å². The van der Waals surface area contributed by atoms with Gasteiger partial charge in [-0.25, -0.2) is 4.79 Å². The maximum atomic E-state index is 10.8. The summed E-state index contributed by atoms with van der Waals surface area (Å²) in [5, 5.41) is 0. The molecule has 4 nitrogen and oxygen atoms in total. The minimum absolute atomic E-state index is 0.113. The lowest BCUT2D eigenvalue weighted by atomic mass is 10.2. The van der Waals surface area contributed by atoms with Gasteiger partial charge in [0.25, 0.3) is 0 Å². The predicted molar refractivity (Wildman–Crippen MR) is 41.9 cm³/mol. The van der Waals surface area contributed by atoms with Crippen molar-refractivity contribution in [3.63, 3.8) is 0 Å². The molecule has 0 aromatic rings. The van der Waals surface area contributed by atoms with E-state index in [2.05, 4.69) is 4.74 Å². The van der Waals surface area contributed by atoms with Gasteiger partial charge in [-0.1, -0.05) is 0 Å². The van der Waals surface area contributed by atoms with Gasteiger partial charge in [0, 0.05) is 6.61 Å². The third kappa shape index (κ3) is 3.09. The van der Waals surface area contributed by atoms with Crippen LogP contribution < -0.4 is 0 Å². The molecule has 0 aromatic carbocycles. The van der Waals surface area contributed by atoms with E-state index in [0.717, 1.165) is 19.4 Å². The van der Waals surface area contributed by atoms with Crippen LogP contribution in [0.2, 0.25) is 0 Å². The molecule has 4 heteroatoms. The fourth-order valence-electron chi connectivity index (χ4n) is 1.09. The minimum Gasteiger partial charge on any atom is -0.435 e. The van der Waals surface area contributed by atoms with Crippen LogP contribution in [-0.4, -0.2) is 32.1 Å². The van der Waals surface area contributed by atoms with Crippen LogP contribution in [0.4, 0.5) is 4.79 Å². The molecule has 1 rings (SSSR count). The van der Waals surface area contributed by atoms with E-state index in [1.165, 1.54) is 0 Å². The summed E-state index contributed by atoms with van der Waals surface area (Å²) in [6, 6.07) is 0. The Bertz CT molecular complexity index is 140. The van der Waals surface area contributed by atoms with Gasteiger partial charge in [0.2, 0.25) is 0 Å². The molecule has 1 heterocycles. The Morgan fingerprint density at radius 1 is 1.67 bits per heavy atom. The molecule has 0 radical (unpaired) electrons. The van der Waals surface area contributed by atoms with Crippen molar-refractivity contribution in [2.75, 3.05) is 19.8 Å². The summed E-state index contributed by atoms with van der Waals surface area (Å²) in [7, 11) is 0. The molecule has 0 saturated carbocycles. The van der Waals surface area contributed by atoms with Gasteiger partial charge in [0.05, 0.1) is 13.2 Å². The molecule has 0 spiro atoms. The first-order chi connectivity index (χ1) is 5.83. The Balaban J connectivity index is 2.15. The molecule has 1 saturated heterocycles. The van der Waals surface area contributed by atoms with Gasteiger partial charge >= 0.3 is 6.16 Å². The van der Waals surface area contributed by atoms with E-state index >= 15 is 0 Å². The number of carbonyl (C=O) groups is 1. The molecule has 0 aromatic heterocycles. The van der Waals surface area contributed by atoms with E-state index in [0.29, 0.717) is 13.2 Å². The summed E-state index contributed by atoms with van der Waals surface area (Å²) in [5.74, 6) is 0. The second-order valence-corrected chi connectivity index (χ2v) is 2.64. The summed E-state index contributed by atoms with van der Waals surface area (Å²) in [5.41, 5.74) is 0. The second-order valence-electron chi connectivity index (χ2n) is 2.64. The molecule has 12 heavy (non-hydrogen) atoms. The van der Waals surface area contributed by atoms with Gasteiger partial charge < -0.3 is 14.2 Å². The van der Waals surface area contributed by atoms with Crippen LogP contribution in [0.15, 0.2) is 0 Å². The van der Waals surface area contributed by atoms with Crippen LogP contribution in [0.25, 0.3) is 0 Å². The lowest BCUT2D eigenvalue weighted by molar-refractivity contribution is -0.0414. The van der Waals surface area contributed by atoms with Crippen LogP contribution in [0.1, 0.15) is 19.8 Å². The molecular formula is C8H14O4. The molecule has 1 atom stereocenters. The van der Waals surface area contributed by atoms with E-state index < -0.39 is 6.16 Å². The Kier molecular flexibility index (Phi) is 3.87. The standard InChI is InChI=1S/C8H14O4/c1-2-11-8(9)12-7-4-3-5-10-6-7/h7H,2-6H2,1H3. The van der Waals surface area contributed by atoms with E-state index in [1.807, 2.05) is 0 Å². The van der Waals surface area contributed by atoms with Gasteiger partial charge in [-0.05, 0) is 19.8 Å². The zero-order valence-electron chi connectivity index (χ0n) is 7.25. The van der Waals surface area contributed by atoms with Gasteiger partial charge in [-0.3, -0.25) is 0 Å². The predicted octanol–water partition coefficient (Wildman–Crippen LogP) is 1.34. The average molecular weight is 174 g/mol. The van der Waals surface area contributed by atoms with Gasteiger partial charge in [-0.2, -0.15) is 0 Å². The summed E-state index contributed by atoms with van der Waals surface area (Å²) in [4.78, 5) is 10.8. The Labute approximate surface area is 71.8 Å². The first kappa shape index (κ1) is 9.32. The number of ether oxygens (including phenoxy) is 3. The molecule has 70 valence electrons. The topological polar surface area (TPSA) is 44.8 Å². The summed E-state index contributed by atoms with van der Waals surface area (Å²) in [6.45, 7) is 3.37. The molecule has 1 aliphatic rings. The first-order valence-electron chi connectivity index (χ1n) is 4.24. The number of hydrogen-bond acceptors (Lipinski definition) is 4. The molecule has 0 amide bonds. The van der Waals surface area contributed by atoms with E-state index in [1.54, 1.807) is 6.92 Å². The molecular weight excluding hydrogens is 160 g/mol. The number of carbonyl (C=O) groups excluding carboxylic acids is 1. The zero-order valence-corrected chi connectivity index (χ0v) is 7.25. The molecule has 0 aliphatic carbocycles. The van der Waals surface area contributed by atoms with Crippen molar-refractivity contribution >= 4 is 6.16 Å². The molecule has 0 N–H and O–H groups in total. The lowest BCUT2D eigenvalue weighted by Crippen LogP contribution is -2.28. The van der Waals surface area contributed by atoms with Crippen molar-refractivity contribution in [3.8, 4) is 0 Å². The third-order valence-corrected chi connectivity index (χ3v) is 1.64. The molecule has 1 fully saturated rings. The monoisotopic (exact) mass is 174 g/mol. The van der Waals surface area contributed by atoms with E-state index in [9.17, 15) is 4.79 Å². The van der Waals surface area contributed by atoms with Gasteiger partial charge in [-0.15, -0.1) is 0 Å². The third-order valence-electron chi connectivity index (χ3n) is 1.64. The Hall–Kier alpha value is -0.770. The maximum absolute atomic E-state index is 10.8. The largest absolute Gasteiger partial charge is 0.508 e. The normalized spacial score (nSPS) is 23.2. The van der Waals surface area contributed by atoms with E-state index in [4.69, 9.17) is 9.47 Å². The first-order valence-corrected chi connectivity index (χ1v) is 4.24. The van der Waals surface area contributed by atoms with Crippen molar-refractivity contribution in [2.24, 2.45) is 0 Å². The highest BCUT2D eigenvalue weighted by atomic mass is 16.7. The highest BCUT2D eigenvalue weighted by Crippen LogP contribution is 2.10. The van der Waals surface area contributed by atoms with Gasteiger partial charge in [0.1, 0.15) is 6.10 Å². The fraction of sp³-hybridized carbons (Fsp3) is 0.875. The number of hydrogen-bond donors (Lipinski definition) is 0. The Morgan fingerprint density at radius 2 is 2.50 bits per heavy atom. The number of rotatable bonds is 2. The van der Waals surface area contributed by atoms with Crippen LogP contribution >= 0.6 is 0 Å². The van der Waals surface area contributed by atoms with Crippen molar-refractivity contribution in [1.82, 2.24) is 0 Å². The fourth-order valence-corrected chi connectivity index (χ4v) is 1.09. The van der Waals surface area contributed by atoms with Crippen molar-refractivity contribution in [2.45, 2.75) is 25.9 Å². The van der Waals surface area contributed by atoms with Crippen LogP contribution in [0.3, 0.4) is 0 Å². The highest BCUT2D eigenvalue weighted by molar-refractivity contribution is 5.60. The highest BCUT2D eigenvalue weighted by Gasteiger charge is 2.18. The Morgan fingerprint density at radius 3 is 3.08 bits per heavy atom. The molecule has 1 unspecified atom stereocenters. The summed E-state index contributed by atoms with van der Waals surface area (Å²) >= 11 is 0. The SMILES string of the molecule is CCOC(=O)OC1CCCOC1. The average Bonchev–Trinajstić information content (AvgIpc) is 2.06. The minimum atomic E-state index is -0.590. The van der Waals surface area contributed by atoms with Crippen molar-refractivity contribution in [3.05, 3.63) is 0 Å². The molecule has 0 bridgehead atoms. The van der Waals surface area contributed by atoms with E-state index in [-0.39, 0.29) is 6.10 Å². The smallest absolute Gasteiger partial charge is 0.435 e. The zero-order chi connectivity index (χ0) is 8.81. The summed E-state index contributed by atoms with van der Waals surface area (Å²) < 4.78 is 14.7. The quantitative estimate of drug-likeness (QED) is 0.592. The molecule has 1 aliphatic heterocycles. The maximum Gasteiger partial charge on any atom is 0.508 e. The van der Waals surface area contributed by atoms with Crippen LogP contribution in [-0.2, 0) is 14.2 Å².